The summed E-state index contributed by atoms with van der Waals surface area (Å²) < 4.78 is 0. The summed E-state index contributed by atoms with van der Waals surface area (Å²) in [5, 5.41) is 1.23. The van der Waals surface area contributed by atoms with Crippen LogP contribution in [0.15, 0.2) is 10.4 Å². The monoisotopic (exact) mass is 226 g/mol. The molecule has 2 nitrogen and oxygen atoms in total. The summed E-state index contributed by atoms with van der Waals surface area (Å²) in [5.41, 5.74) is 0. The molecule has 0 aromatic heterocycles. The van der Waals surface area contributed by atoms with Gasteiger partial charge in [0.15, 0.2) is 0 Å². The lowest BCUT2D eigenvalue weighted by molar-refractivity contribution is 0.565. The normalized spacial score (nSPS) is 11.6. The first-order chi connectivity index (χ1) is 6.14. The highest BCUT2D eigenvalue weighted by atomic mass is 28.3. The van der Waals surface area contributed by atoms with Crippen molar-refractivity contribution in [2.24, 2.45) is 0 Å². The highest BCUT2D eigenvalue weighted by molar-refractivity contribution is 6.93. The highest BCUT2D eigenvalue weighted by Crippen LogP contribution is 2.25. The van der Waals surface area contributed by atoms with Crippen LogP contribution >= 0.6 is 0 Å². The lowest BCUT2D eigenvalue weighted by Gasteiger charge is -2.24. The summed E-state index contributed by atoms with van der Waals surface area (Å²) >= 11 is 0. The topological polar surface area (TPSA) is 34.1 Å². The average Bonchev–Trinajstić information content (AvgIpc) is 1.94. The molecule has 0 bridgehead atoms. The zero-order valence-electron chi connectivity index (χ0n) is 9.82. The molecule has 0 unspecified atom stereocenters. The fourth-order valence-corrected chi connectivity index (χ4v) is 5.62. The molecule has 0 amide bonds. The molecular weight excluding hydrogens is 208 g/mol. The van der Waals surface area contributed by atoms with Gasteiger partial charge in [0, 0.05) is 10.4 Å². The molecule has 4 heteroatoms. The third-order valence-electron chi connectivity index (χ3n) is 1.95. The zero-order valence-corrected chi connectivity index (χ0v) is 11.8. The van der Waals surface area contributed by atoms with Crippen molar-refractivity contribution >= 4 is 28.0 Å². The molecule has 0 rings (SSSR count). The fourth-order valence-electron chi connectivity index (χ4n) is 1.16. The van der Waals surface area contributed by atoms with Crippen LogP contribution in [-0.4, -0.2) is 28.0 Å². The largest absolute Gasteiger partial charge is 0.234 e. The van der Waals surface area contributed by atoms with Gasteiger partial charge in [-0.2, -0.15) is 0 Å². The molecule has 0 radical (unpaired) electrons. The van der Waals surface area contributed by atoms with Crippen molar-refractivity contribution in [2.75, 3.05) is 0 Å². The lowest BCUT2D eigenvalue weighted by Crippen LogP contribution is -2.35. The van der Waals surface area contributed by atoms with Crippen molar-refractivity contribution in [3.63, 3.8) is 0 Å². The minimum absolute atomic E-state index is 0.617. The standard InChI is InChI=1S/C10H18O2Si2/c1-13(2,3)9(7-11)10(8-12)14(4,5)6/h1-6H3. The zero-order chi connectivity index (χ0) is 11.6. The first kappa shape index (κ1) is 13.3. The SMILES string of the molecule is C[Si](C)(C)C(=C=O)C(=C=O)[Si](C)(C)C. The van der Waals surface area contributed by atoms with Gasteiger partial charge in [0.05, 0.1) is 16.1 Å². The predicted octanol–water partition coefficient (Wildman–Crippen LogP) is 2.26. The van der Waals surface area contributed by atoms with Crippen LogP contribution < -0.4 is 0 Å². The Morgan fingerprint density at radius 3 is 1.00 bits per heavy atom. The summed E-state index contributed by atoms with van der Waals surface area (Å²) in [6, 6.07) is 0. The van der Waals surface area contributed by atoms with Gasteiger partial charge in [0.1, 0.15) is 11.9 Å². The summed E-state index contributed by atoms with van der Waals surface area (Å²) in [6.45, 7) is 12.3. The van der Waals surface area contributed by atoms with Crippen molar-refractivity contribution in [3.8, 4) is 0 Å². The molecule has 0 aliphatic carbocycles. The maximum atomic E-state index is 10.9. The van der Waals surface area contributed by atoms with E-state index in [1.165, 1.54) is 0 Å². The van der Waals surface area contributed by atoms with Gasteiger partial charge in [-0.05, 0) is 0 Å². The first-order valence-electron chi connectivity index (χ1n) is 4.66. The van der Waals surface area contributed by atoms with Crippen LogP contribution in [0.5, 0.6) is 0 Å². The van der Waals surface area contributed by atoms with Crippen LogP contribution in [0.4, 0.5) is 0 Å². The molecule has 0 N–H and O–H groups in total. The smallest absolute Gasteiger partial charge is 0.123 e. The van der Waals surface area contributed by atoms with Gasteiger partial charge in [-0.3, -0.25) is 0 Å². The third kappa shape index (κ3) is 3.24. The van der Waals surface area contributed by atoms with Crippen molar-refractivity contribution < 1.29 is 9.59 Å². The highest BCUT2D eigenvalue weighted by Gasteiger charge is 2.32. The van der Waals surface area contributed by atoms with Gasteiger partial charge in [-0.25, -0.2) is 9.59 Å². The Morgan fingerprint density at radius 2 is 0.929 bits per heavy atom. The van der Waals surface area contributed by atoms with E-state index < -0.39 is 16.1 Å². The Bertz CT molecular complexity index is 285. The maximum Gasteiger partial charge on any atom is 0.123 e. The van der Waals surface area contributed by atoms with Crippen LogP contribution in [0.3, 0.4) is 0 Å². The fraction of sp³-hybridized carbons (Fsp3) is 0.600. The molecule has 0 aromatic rings. The Kier molecular flexibility index (Phi) is 4.04. The maximum absolute atomic E-state index is 10.9. The van der Waals surface area contributed by atoms with Crippen LogP contribution in [0, 0.1) is 0 Å². The van der Waals surface area contributed by atoms with Gasteiger partial charge in [0.25, 0.3) is 0 Å². The average molecular weight is 226 g/mol. The van der Waals surface area contributed by atoms with E-state index in [1.807, 2.05) is 51.2 Å². The van der Waals surface area contributed by atoms with E-state index in [4.69, 9.17) is 0 Å². The number of hydrogen-bond acceptors (Lipinski definition) is 2. The minimum Gasteiger partial charge on any atom is -0.234 e. The molecule has 0 saturated carbocycles. The number of carbonyl (C=O) groups excluding carboxylic acids is 2. The number of allylic oxidation sites excluding steroid dienone is 2. The van der Waals surface area contributed by atoms with E-state index in [-0.39, 0.29) is 0 Å². The second kappa shape index (κ2) is 4.24. The first-order valence-corrected chi connectivity index (χ1v) is 11.7. The molecule has 0 atom stereocenters. The van der Waals surface area contributed by atoms with Gasteiger partial charge in [-0.1, -0.05) is 39.3 Å². The number of rotatable bonds is 3. The van der Waals surface area contributed by atoms with E-state index in [2.05, 4.69) is 0 Å². The van der Waals surface area contributed by atoms with E-state index in [0.29, 0.717) is 10.4 Å². The van der Waals surface area contributed by atoms with Gasteiger partial charge < -0.3 is 0 Å². The molecule has 0 aliphatic heterocycles. The third-order valence-corrected chi connectivity index (χ3v) is 5.91. The van der Waals surface area contributed by atoms with E-state index in [9.17, 15) is 9.59 Å². The Morgan fingerprint density at radius 1 is 0.714 bits per heavy atom. The Hall–Kier alpha value is -0.666. The summed E-state index contributed by atoms with van der Waals surface area (Å²) in [7, 11) is -3.50. The Labute approximate surface area is 87.7 Å². The molecule has 14 heavy (non-hydrogen) atoms. The molecule has 0 aromatic carbocycles. The van der Waals surface area contributed by atoms with Crippen LogP contribution in [0.2, 0.25) is 39.3 Å². The molecule has 0 aliphatic rings. The van der Waals surface area contributed by atoms with Gasteiger partial charge in [0.2, 0.25) is 0 Å². The summed E-state index contributed by atoms with van der Waals surface area (Å²) in [6.07, 6.45) is 0. The lowest BCUT2D eigenvalue weighted by atomic mass is 10.6. The molecule has 0 spiro atoms. The van der Waals surface area contributed by atoms with Gasteiger partial charge >= 0.3 is 0 Å². The second-order valence-corrected chi connectivity index (χ2v) is 15.5. The van der Waals surface area contributed by atoms with Gasteiger partial charge in [-0.15, -0.1) is 0 Å². The Balaban J connectivity index is 5.51. The van der Waals surface area contributed by atoms with E-state index >= 15 is 0 Å². The van der Waals surface area contributed by atoms with E-state index in [1.54, 1.807) is 0 Å². The molecule has 78 valence electrons. The quantitative estimate of drug-likeness (QED) is 0.420. The van der Waals surface area contributed by atoms with Crippen molar-refractivity contribution in [3.05, 3.63) is 10.4 Å². The molecule has 0 fully saturated rings. The van der Waals surface area contributed by atoms with Crippen LogP contribution in [-0.2, 0) is 9.59 Å². The summed E-state index contributed by atoms with van der Waals surface area (Å²) in [4.78, 5) is 21.8. The molecular formula is C10H18O2Si2. The van der Waals surface area contributed by atoms with Crippen LogP contribution in [0.1, 0.15) is 0 Å². The molecule has 0 heterocycles. The minimum atomic E-state index is -1.75. The van der Waals surface area contributed by atoms with Crippen molar-refractivity contribution in [2.45, 2.75) is 39.3 Å². The van der Waals surface area contributed by atoms with E-state index in [0.717, 1.165) is 0 Å². The summed E-state index contributed by atoms with van der Waals surface area (Å²) in [5.74, 6) is 3.93. The number of hydrogen-bond donors (Lipinski definition) is 0. The van der Waals surface area contributed by atoms with Crippen molar-refractivity contribution in [1.82, 2.24) is 0 Å². The van der Waals surface area contributed by atoms with Crippen LogP contribution in [0.25, 0.3) is 0 Å². The second-order valence-electron chi connectivity index (χ2n) is 5.45. The van der Waals surface area contributed by atoms with Crippen molar-refractivity contribution in [1.29, 1.82) is 0 Å². The predicted molar refractivity (Wildman–Crippen MR) is 65.1 cm³/mol. The molecule has 0 saturated heterocycles.